The van der Waals surface area contributed by atoms with E-state index in [1.807, 2.05) is 17.8 Å². The van der Waals surface area contributed by atoms with Gasteiger partial charge in [0.2, 0.25) is 0 Å². The van der Waals surface area contributed by atoms with Crippen molar-refractivity contribution in [3.05, 3.63) is 70.7 Å². The molecule has 0 unspecified atom stereocenters. The van der Waals surface area contributed by atoms with Crippen LogP contribution in [0.1, 0.15) is 11.9 Å². The maximum absolute atomic E-state index is 4.64. The highest BCUT2D eigenvalue weighted by Crippen LogP contribution is 2.45. The van der Waals surface area contributed by atoms with Crippen LogP contribution in [0, 0.1) is 0 Å². The average Bonchev–Trinajstić information content (AvgIpc) is 3.14. The van der Waals surface area contributed by atoms with E-state index in [0.29, 0.717) is 0 Å². The van der Waals surface area contributed by atoms with E-state index in [1.54, 1.807) is 11.3 Å². The molecule has 1 aromatic heterocycles. The van der Waals surface area contributed by atoms with Gasteiger partial charge in [-0.25, -0.2) is 4.98 Å². The molecule has 0 amide bonds. The van der Waals surface area contributed by atoms with Crippen LogP contribution < -0.4 is 4.90 Å². The third-order valence-corrected chi connectivity index (χ3v) is 5.87. The molecular formula is C19H16N2S2. The van der Waals surface area contributed by atoms with Gasteiger partial charge in [-0.3, -0.25) is 0 Å². The summed E-state index contributed by atoms with van der Waals surface area (Å²) in [5, 5.41) is 2.32. The van der Waals surface area contributed by atoms with Crippen LogP contribution in [-0.4, -0.2) is 11.5 Å². The molecule has 4 rings (SSSR count). The highest BCUT2D eigenvalue weighted by molar-refractivity contribution is 8.03. The van der Waals surface area contributed by atoms with Gasteiger partial charge in [-0.2, -0.15) is 0 Å². The Morgan fingerprint density at radius 1 is 1.09 bits per heavy atom. The summed E-state index contributed by atoms with van der Waals surface area (Å²) in [6, 6.07) is 16.8. The lowest BCUT2D eigenvalue weighted by atomic mass is 10.3. The summed E-state index contributed by atoms with van der Waals surface area (Å²) in [6.07, 6.45) is 6.38. The second-order valence-electron chi connectivity index (χ2n) is 5.20. The number of nitrogens with zero attached hydrogens (tertiary/aromatic N) is 2. The molecule has 23 heavy (non-hydrogen) atoms. The second kappa shape index (κ2) is 6.22. The quantitative estimate of drug-likeness (QED) is 0.603. The smallest absolute Gasteiger partial charge is 0.117 e. The molecule has 2 aromatic carbocycles. The Bertz CT molecular complexity index is 875. The molecule has 1 aliphatic rings. The van der Waals surface area contributed by atoms with Crippen molar-refractivity contribution in [2.75, 3.05) is 11.4 Å². The second-order valence-corrected chi connectivity index (χ2v) is 7.32. The van der Waals surface area contributed by atoms with Gasteiger partial charge < -0.3 is 4.90 Å². The minimum Gasteiger partial charge on any atom is -0.335 e. The Kier molecular flexibility index (Phi) is 3.93. The molecule has 0 radical (unpaired) electrons. The lowest BCUT2D eigenvalue weighted by Crippen LogP contribution is -2.16. The molecule has 0 saturated heterocycles. The zero-order valence-corrected chi connectivity index (χ0v) is 14.4. The normalized spacial score (nSPS) is 15.9. The van der Waals surface area contributed by atoms with Gasteiger partial charge in [-0.1, -0.05) is 42.1 Å². The Balaban J connectivity index is 1.59. The van der Waals surface area contributed by atoms with Gasteiger partial charge in [0.1, 0.15) is 5.01 Å². The standard InChI is InChI=1S/C19H16N2S2/c1-2-21-15-9-4-6-11-17(15)23-19(21)13-7-12-18-20-14-8-3-5-10-16(14)22-18/h3-13H,2H2,1H3. The first-order chi connectivity index (χ1) is 11.3. The number of thiazole rings is 1. The van der Waals surface area contributed by atoms with Gasteiger partial charge in [-0.15, -0.1) is 11.3 Å². The van der Waals surface area contributed by atoms with Crippen LogP contribution in [0.5, 0.6) is 0 Å². The van der Waals surface area contributed by atoms with Crippen molar-refractivity contribution >= 4 is 45.1 Å². The molecule has 2 heterocycles. The molecule has 4 heteroatoms. The van der Waals surface area contributed by atoms with Crippen molar-refractivity contribution in [3.63, 3.8) is 0 Å². The van der Waals surface area contributed by atoms with Crippen molar-refractivity contribution in [1.29, 1.82) is 0 Å². The number of fused-ring (bicyclic) bond motifs is 2. The summed E-state index contributed by atoms with van der Waals surface area (Å²) in [5.41, 5.74) is 2.38. The van der Waals surface area contributed by atoms with Crippen LogP contribution >= 0.6 is 23.1 Å². The number of rotatable bonds is 3. The maximum Gasteiger partial charge on any atom is 0.117 e. The molecule has 0 N–H and O–H groups in total. The molecule has 2 nitrogen and oxygen atoms in total. The molecule has 3 aromatic rings. The van der Waals surface area contributed by atoms with Crippen molar-refractivity contribution in [3.8, 4) is 0 Å². The van der Waals surface area contributed by atoms with Crippen LogP contribution in [0.15, 0.2) is 70.6 Å². The predicted octanol–water partition coefficient (Wildman–Crippen LogP) is 5.78. The summed E-state index contributed by atoms with van der Waals surface area (Å²) >= 11 is 3.55. The van der Waals surface area contributed by atoms with E-state index >= 15 is 0 Å². The lowest BCUT2D eigenvalue weighted by molar-refractivity contribution is 1.00. The van der Waals surface area contributed by atoms with Crippen molar-refractivity contribution < 1.29 is 0 Å². The zero-order valence-electron chi connectivity index (χ0n) is 12.8. The molecule has 114 valence electrons. The van der Waals surface area contributed by atoms with Gasteiger partial charge >= 0.3 is 0 Å². The fourth-order valence-corrected chi connectivity index (χ4v) is 4.70. The topological polar surface area (TPSA) is 16.1 Å². The SMILES string of the molecule is CCN1C(=CC=Cc2nc3ccccc3s2)Sc2ccccc21. The third kappa shape index (κ3) is 2.80. The summed E-state index contributed by atoms with van der Waals surface area (Å²) in [7, 11) is 0. The van der Waals surface area contributed by atoms with E-state index < -0.39 is 0 Å². The molecule has 0 bridgehead atoms. The van der Waals surface area contributed by atoms with Gasteiger partial charge in [0, 0.05) is 11.4 Å². The number of thioether (sulfide) groups is 1. The number of hydrogen-bond acceptors (Lipinski definition) is 4. The van der Waals surface area contributed by atoms with Gasteiger partial charge in [0.05, 0.1) is 20.9 Å². The predicted molar refractivity (Wildman–Crippen MR) is 102 cm³/mol. The van der Waals surface area contributed by atoms with Crippen LogP contribution in [0.3, 0.4) is 0 Å². The molecular weight excluding hydrogens is 320 g/mol. The summed E-state index contributed by atoms with van der Waals surface area (Å²) < 4.78 is 1.23. The van der Waals surface area contributed by atoms with Crippen LogP contribution in [0.4, 0.5) is 5.69 Å². The summed E-state index contributed by atoms with van der Waals surface area (Å²) in [4.78, 5) is 8.32. The Hall–Kier alpha value is -2.04. The first-order valence-electron chi connectivity index (χ1n) is 7.63. The first kappa shape index (κ1) is 14.5. The third-order valence-electron chi connectivity index (χ3n) is 3.74. The Morgan fingerprint density at radius 2 is 1.91 bits per heavy atom. The largest absolute Gasteiger partial charge is 0.335 e. The van der Waals surface area contributed by atoms with E-state index in [9.17, 15) is 0 Å². The fourth-order valence-electron chi connectivity index (χ4n) is 2.68. The van der Waals surface area contributed by atoms with E-state index in [2.05, 4.69) is 77.5 Å². The first-order valence-corrected chi connectivity index (χ1v) is 9.27. The fraction of sp³-hybridized carbons (Fsp3) is 0.105. The molecule has 1 aliphatic heterocycles. The average molecular weight is 336 g/mol. The zero-order chi connectivity index (χ0) is 15.6. The molecule has 0 atom stereocenters. The highest BCUT2D eigenvalue weighted by atomic mass is 32.2. The minimum absolute atomic E-state index is 0.977. The van der Waals surface area contributed by atoms with Crippen molar-refractivity contribution in [1.82, 2.24) is 4.98 Å². The van der Waals surface area contributed by atoms with Crippen molar-refractivity contribution in [2.45, 2.75) is 11.8 Å². The van der Waals surface area contributed by atoms with Crippen LogP contribution in [0.2, 0.25) is 0 Å². The summed E-state index contributed by atoms with van der Waals surface area (Å²) in [5.74, 6) is 0. The number of benzene rings is 2. The highest BCUT2D eigenvalue weighted by Gasteiger charge is 2.22. The van der Waals surface area contributed by atoms with E-state index in [-0.39, 0.29) is 0 Å². The van der Waals surface area contributed by atoms with E-state index in [4.69, 9.17) is 0 Å². The monoisotopic (exact) mass is 336 g/mol. The molecule has 0 aliphatic carbocycles. The van der Waals surface area contributed by atoms with E-state index in [1.165, 1.54) is 20.3 Å². The van der Waals surface area contributed by atoms with E-state index in [0.717, 1.165) is 17.1 Å². The Labute approximate surface area is 144 Å². The molecule has 0 fully saturated rings. The molecule has 0 spiro atoms. The number of allylic oxidation sites excluding steroid dienone is 2. The Morgan fingerprint density at radius 3 is 2.78 bits per heavy atom. The maximum atomic E-state index is 4.64. The van der Waals surface area contributed by atoms with Gasteiger partial charge in [-0.05, 0) is 43.3 Å². The van der Waals surface area contributed by atoms with Gasteiger partial charge in [0.15, 0.2) is 0 Å². The lowest BCUT2D eigenvalue weighted by Gasteiger charge is -2.17. The number of para-hydroxylation sites is 2. The van der Waals surface area contributed by atoms with Crippen LogP contribution in [0.25, 0.3) is 16.3 Å². The number of anilines is 1. The van der Waals surface area contributed by atoms with Gasteiger partial charge in [0.25, 0.3) is 0 Å². The van der Waals surface area contributed by atoms with Crippen molar-refractivity contribution in [2.24, 2.45) is 0 Å². The van der Waals surface area contributed by atoms with Crippen LogP contribution in [-0.2, 0) is 0 Å². The minimum atomic E-state index is 0.977. The molecule has 0 saturated carbocycles. The number of aromatic nitrogens is 1. The number of hydrogen-bond donors (Lipinski definition) is 0. The summed E-state index contributed by atoms with van der Waals surface area (Å²) in [6.45, 7) is 3.17.